The molecule has 1 aliphatic carbocycles. The van der Waals surface area contributed by atoms with E-state index in [0.717, 1.165) is 29.5 Å². The SMILES string of the molecule is Cc1cccc(C(=O)NCC2(CN)CCCC2)c1C. The molecule has 3 heteroatoms. The van der Waals surface area contributed by atoms with Crippen LogP contribution in [-0.4, -0.2) is 19.0 Å². The van der Waals surface area contributed by atoms with Crippen LogP contribution < -0.4 is 11.1 Å². The molecule has 2 rings (SSSR count). The summed E-state index contributed by atoms with van der Waals surface area (Å²) in [5.41, 5.74) is 9.03. The van der Waals surface area contributed by atoms with Gasteiger partial charge in [-0.05, 0) is 55.8 Å². The molecule has 1 aromatic carbocycles. The van der Waals surface area contributed by atoms with Crippen molar-refractivity contribution in [3.8, 4) is 0 Å². The Labute approximate surface area is 115 Å². The van der Waals surface area contributed by atoms with Gasteiger partial charge in [0, 0.05) is 12.1 Å². The molecule has 0 atom stereocenters. The number of rotatable bonds is 4. The number of hydrogen-bond acceptors (Lipinski definition) is 2. The first-order chi connectivity index (χ1) is 9.08. The lowest BCUT2D eigenvalue weighted by Gasteiger charge is -2.27. The van der Waals surface area contributed by atoms with Crippen molar-refractivity contribution < 1.29 is 4.79 Å². The van der Waals surface area contributed by atoms with Gasteiger partial charge >= 0.3 is 0 Å². The first-order valence-electron chi connectivity index (χ1n) is 7.12. The molecule has 1 aliphatic rings. The molecule has 1 aromatic rings. The number of nitrogens with one attached hydrogen (secondary N) is 1. The highest BCUT2D eigenvalue weighted by atomic mass is 16.1. The van der Waals surface area contributed by atoms with Crippen LogP contribution in [-0.2, 0) is 0 Å². The van der Waals surface area contributed by atoms with E-state index >= 15 is 0 Å². The molecule has 1 amide bonds. The summed E-state index contributed by atoms with van der Waals surface area (Å²) in [6.45, 7) is 5.40. The highest BCUT2D eigenvalue weighted by Gasteiger charge is 2.32. The van der Waals surface area contributed by atoms with Crippen LogP contribution >= 0.6 is 0 Å². The van der Waals surface area contributed by atoms with Gasteiger partial charge in [-0.1, -0.05) is 25.0 Å². The summed E-state index contributed by atoms with van der Waals surface area (Å²) < 4.78 is 0. The average Bonchev–Trinajstić information content (AvgIpc) is 2.89. The molecule has 1 saturated carbocycles. The summed E-state index contributed by atoms with van der Waals surface area (Å²) in [4.78, 5) is 12.3. The Balaban J connectivity index is 2.03. The summed E-state index contributed by atoms with van der Waals surface area (Å²) in [6.07, 6.45) is 4.74. The third-order valence-corrected chi connectivity index (χ3v) is 4.57. The Morgan fingerprint density at radius 2 is 2.00 bits per heavy atom. The van der Waals surface area contributed by atoms with Gasteiger partial charge in [0.25, 0.3) is 5.91 Å². The van der Waals surface area contributed by atoms with E-state index in [9.17, 15) is 4.79 Å². The molecule has 3 nitrogen and oxygen atoms in total. The number of aryl methyl sites for hydroxylation is 1. The summed E-state index contributed by atoms with van der Waals surface area (Å²) >= 11 is 0. The topological polar surface area (TPSA) is 55.1 Å². The van der Waals surface area contributed by atoms with E-state index in [-0.39, 0.29) is 11.3 Å². The van der Waals surface area contributed by atoms with Gasteiger partial charge in [-0.2, -0.15) is 0 Å². The second kappa shape index (κ2) is 5.74. The first kappa shape index (κ1) is 14.1. The third-order valence-electron chi connectivity index (χ3n) is 4.57. The standard InChI is InChI=1S/C16H24N2O/c1-12-6-5-7-14(13(12)2)15(19)18-11-16(10-17)8-3-4-9-16/h5-7H,3-4,8-11,17H2,1-2H3,(H,18,19). The van der Waals surface area contributed by atoms with Gasteiger partial charge in [-0.3, -0.25) is 4.79 Å². The van der Waals surface area contributed by atoms with Gasteiger partial charge in [-0.15, -0.1) is 0 Å². The van der Waals surface area contributed by atoms with Crippen LogP contribution in [0.15, 0.2) is 18.2 Å². The van der Waals surface area contributed by atoms with Crippen molar-refractivity contribution in [1.82, 2.24) is 5.32 Å². The highest BCUT2D eigenvalue weighted by molar-refractivity contribution is 5.95. The van der Waals surface area contributed by atoms with Crippen molar-refractivity contribution in [2.75, 3.05) is 13.1 Å². The van der Waals surface area contributed by atoms with Crippen LogP contribution in [0.2, 0.25) is 0 Å². The van der Waals surface area contributed by atoms with Gasteiger partial charge in [-0.25, -0.2) is 0 Å². The van der Waals surface area contributed by atoms with Crippen molar-refractivity contribution in [1.29, 1.82) is 0 Å². The molecule has 0 aliphatic heterocycles. The van der Waals surface area contributed by atoms with Crippen molar-refractivity contribution in [2.24, 2.45) is 11.1 Å². The molecule has 0 saturated heterocycles. The fraction of sp³-hybridized carbons (Fsp3) is 0.562. The normalized spacial score (nSPS) is 17.4. The van der Waals surface area contributed by atoms with E-state index in [0.29, 0.717) is 13.1 Å². The van der Waals surface area contributed by atoms with Crippen molar-refractivity contribution in [3.05, 3.63) is 34.9 Å². The molecule has 0 radical (unpaired) electrons. The van der Waals surface area contributed by atoms with E-state index in [4.69, 9.17) is 5.73 Å². The number of carbonyl (C=O) groups is 1. The van der Waals surface area contributed by atoms with Crippen LogP contribution in [0.1, 0.15) is 47.2 Å². The largest absolute Gasteiger partial charge is 0.351 e. The van der Waals surface area contributed by atoms with Crippen LogP contribution in [0.4, 0.5) is 0 Å². The molecule has 104 valence electrons. The number of nitrogens with two attached hydrogens (primary N) is 1. The zero-order valence-electron chi connectivity index (χ0n) is 12.0. The zero-order valence-corrected chi connectivity index (χ0v) is 12.0. The number of amides is 1. The Morgan fingerprint density at radius 3 is 2.63 bits per heavy atom. The minimum atomic E-state index is 0.0286. The van der Waals surface area contributed by atoms with Crippen LogP contribution in [0.5, 0.6) is 0 Å². The Kier molecular flexibility index (Phi) is 4.25. The highest BCUT2D eigenvalue weighted by Crippen LogP contribution is 2.36. The van der Waals surface area contributed by atoms with E-state index in [1.165, 1.54) is 12.8 Å². The smallest absolute Gasteiger partial charge is 0.251 e. The molecule has 1 fully saturated rings. The molecule has 0 unspecified atom stereocenters. The number of benzene rings is 1. The van der Waals surface area contributed by atoms with E-state index in [1.807, 2.05) is 32.0 Å². The molecule has 0 aromatic heterocycles. The molecule has 0 bridgehead atoms. The van der Waals surface area contributed by atoms with Crippen molar-refractivity contribution in [2.45, 2.75) is 39.5 Å². The van der Waals surface area contributed by atoms with Crippen LogP contribution in [0, 0.1) is 19.3 Å². The fourth-order valence-corrected chi connectivity index (χ4v) is 2.94. The Bertz CT molecular complexity index is 462. The van der Waals surface area contributed by atoms with Gasteiger partial charge in [0.15, 0.2) is 0 Å². The van der Waals surface area contributed by atoms with Gasteiger partial charge in [0.2, 0.25) is 0 Å². The minimum Gasteiger partial charge on any atom is -0.351 e. The second-order valence-electron chi connectivity index (χ2n) is 5.84. The second-order valence-corrected chi connectivity index (χ2v) is 5.84. The Hall–Kier alpha value is -1.35. The minimum absolute atomic E-state index is 0.0286. The van der Waals surface area contributed by atoms with E-state index in [1.54, 1.807) is 0 Å². The maximum absolute atomic E-state index is 12.3. The first-order valence-corrected chi connectivity index (χ1v) is 7.12. The zero-order chi connectivity index (χ0) is 13.9. The monoisotopic (exact) mass is 260 g/mol. The van der Waals surface area contributed by atoms with Gasteiger partial charge in [0.05, 0.1) is 0 Å². The molecule has 3 N–H and O–H groups in total. The lowest BCUT2D eigenvalue weighted by Crippen LogP contribution is -2.40. The van der Waals surface area contributed by atoms with Gasteiger partial charge < -0.3 is 11.1 Å². The van der Waals surface area contributed by atoms with E-state index in [2.05, 4.69) is 5.32 Å². The maximum atomic E-state index is 12.3. The summed E-state index contributed by atoms with van der Waals surface area (Å²) in [7, 11) is 0. The summed E-state index contributed by atoms with van der Waals surface area (Å²) in [6, 6.07) is 5.86. The molecular formula is C16H24N2O. The summed E-state index contributed by atoms with van der Waals surface area (Å²) in [5, 5.41) is 3.08. The predicted octanol–water partition coefficient (Wildman–Crippen LogP) is 2.55. The number of carbonyl (C=O) groups excluding carboxylic acids is 1. The van der Waals surface area contributed by atoms with Crippen LogP contribution in [0.25, 0.3) is 0 Å². The molecule has 0 spiro atoms. The summed E-state index contributed by atoms with van der Waals surface area (Å²) in [5.74, 6) is 0.0286. The lowest BCUT2D eigenvalue weighted by atomic mass is 9.86. The molecule has 0 heterocycles. The molecular weight excluding hydrogens is 236 g/mol. The quantitative estimate of drug-likeness (QED) is 0.874. The van der Waals surface area contributed by atoms with Crippen molar-refractivity contribution in [3.63, 3.8) is 0 Å². The molecule has 19 heavy (non-hydrogen) atoms. The van der Waals surface area contributed by atoms with Gasteiger partial charge in [0.1, 0.15) is 0 Å². The van der Waals surface area contributed by atoms with Crippen LogP contribution in [0.3, 0.4) is 0 Å². The number of hydrogen-bond donors (Lipinski definition) is 2. The predicted molar refractivity (Wildman–Crippen MR) is 78.2 cm³/mol. The average molecular weight is 260 g/mol. The maximum Gasteiger partial charge on any atom is 0.251 e. The van der Waals surface area contributed by atoms with Crippen molar-refractivity contribution >= 4 is 5.91 Å². The van der Waals surface area contributed by atoms with E-state index < -0.39 is 0 Å². The fourth-order valence-electron chi connectivity index (χ4n) is 2.94. The Morgan fingerprint density at radius 1 is 1.32 bits per heavy atom. The lowest BCUT2D eigenvalue weighted by molar-refractivity contribution is 0.0931. The third kappa shape index (κ3) is 2.98.